The predicted molar refractivity (Wildman–Crippen MR) is 96.9 cm³/mol. The van der Waals surface area contributed by atoms with Gasteiger partial charge in [0.2, 0.25) is 5.91 Å². The second-order valence-corrected chi connectivity index (χ2v) is 8.45. The first-order valence-electron chi connectivity index (χ1n) is 7.55. The fraction of sp³-hybridized carbons (Fsp3) is 0.375. The molecule has 2 N–H and O–H groups in total. The average molecular weight is 384 g/mol. The molecule has 9 heteroatoms. The molecular formula is C16H20N2O5S2. The number of rotatable bonds is 7. The van der Waals surface area contributed by atoms with E-state index in [1.54, 1.807) is 25.1 Å². The zero-order valence-corrected chi connectivity index (χ0v) is 15.8. The van der Waals surface area contributed by atoms with Crippen molar-refractivity contribution in [3.63, 3.8) is 0 Å². The zero-order valence-electron chi connectivity index (χ0n) is 14.2. The van der Waals surface area contributed by atoms with Crippen molar-refractivity contribution in [1.29, 1.82) is 0 Å². The molecular weight excluding hydrogens is 364 g/mol. The van der Waals surface area contributed by atoms with Gasteiger partial charge in [0.05, 0.1) is 23.4 Å². The van der Waals surface area contributed by atoms with E-state index in [9.17, 15) is 13.2 Å². The Morgan fingerprint density at radius 3 is 2.72 bits per heavy atom. The number of anilines is 1. The normalized spacial score (nSPS) is 11.4. The highest BCUT2D eigenvalue weighted by atomic mass is 32.2. The molecule has 1 aromatic carbocycles. The van der Waals surface area contributed by atoms with Crippen molar-refractivity contribution in [2.75, 3.05) is 24.8 Å². The van der Waals surface area contributed by atoms with E-state index in [2.05, 4.69) is 10.3 Å². The Kier molecular flexibility index (Phi) is 6.15. The highest BCUT2D eigenvalue weighted by molar-refractivity contribution is 7.91. The summed E-state index contributed by atoms with van der Waals surface area (Å²) in [7, 11) is -2.18. The number of hydrogen-bond donors (Lipinski definition) is 2. The van der Waals surface area contributed by atoms with E-state index in [0.717, 1.165) is 4.88 Å². The zero-order chi connectivity index (χ0) is 18.6. The lowest BCUT2D eigenvalue weighted by atomic mass is 10.1. The number of aryl methyl sites for hydroxylation is 1. The third kappa shape index (κ3) is 4.56. The van der Waals surface area contributed by atoms with E-state index >= 15 is 0 Å². The Labute approximate surface area is 150 Å². The minimum absolute atomic E-state index is 0.0785. The van der Waals surface area contributed by atoms with E-state index < -0.39 is 9.84 Å². The summed E-state index contributed by atoms with van der Waals surface area (Å²) >= 11 is 1.27. The van der Waals surface area contributed by atoms with Gasteiger partial charge in [0, 0.05) is 13.5 Å². The maximum atomic E-state index is 12.5. The number of methoxy groups -OCH3 is 1. The summed E-state index contributed by atoms with van der Waals surface area (Å²) in [6, 6.07) is 4.89. The van der Waals surface area contributed by atoms with Crippen LogP contribution in [0, 0.1) is 6.92 Å². The number of nitrogens with one attached hydrogen (secondary N) is 1. The van der Waals surface area contributed by atoms with Crippen molar-refractivity contribution in [2.45, 2.75) is 25.2 Å². The van der Waals surface area contributed by atoms with Gasteiger partial charge in [-0.1, -0.05) is 11.3 Å². The number of nitrogens with zero attached hydrogens (tertiary/aromatic N) is 1. The van der Waals surface area contributed by atoms with Gasteiger partial charge in [0.15, 0.2) is 15.0 Å². The molecule has 2 rings (SSSR count). The first-order chi connectivity index (χ1) is 11.8. The molecule has 0 spiro atoms. The van der Waals surface area contributed by atoms with Gasteiger partial charge in [-0.2, -0.15) is 0 Å². The van der Waals surface area contributed by atoms with Crippen LogP contribution in [0.4, 0.5) is 5.13 Å². The highest BCUT2D eigenvalue weighted by Gasteiger charge is 2.21. The lowest BCUT2D eigenvalue weighted by Crippen LogP contribution is -2.10. The van der Waals surface area contributed by atoms with Gasteiger partial charge in [0.1, 0.15) is 10.6 Å². The van der Waals surface area contributed by atoms with Gasteiger partial charge in [0.25, 0.3) is 0 Å². The number of sulfone groups is 1. The summed E-state index contributed by atoms with van der Waals surface area (Å²) < 4.78 is 30.2. The summed E-state index contributed by atoms with van der Waals surface area (Å²) in [4.78, 5) is 16.3. The fourth-order valence-corrected chi connectivity index (χ4v) is 4.80. The smallest absolute Gasteiger partial charge is 0.223 e. The van der Waals surface area contributed by atoms with Crippen LogP contribution in [0.25, 0.3) is 10.4 Å². The van der Waals surface area contributed by atoms with Gasteiger partial charge in [-0.3, -0.25) is 4.79 Å². The first kappa shape index (κ1) is 19.4. The summed E-state index contributed by atoms with van der Waals surface area (Å²) in [5, 5.41) is 12.0. The molecule has 0 saturated heterocycles. The minimum Gasteiger partial charge on any atom is -0.495 e. The Bertz CT molecular complexity index is 875. The highest BCUT2D eigenvalue weighted by Crippen LogP contribution is 2.36. The summed E-state index contributed by atoms with van der Waals surface area (Å²) in [5.74, 6) is -0.129. The van der Waals surface area contributed by atoms with E-state index in [0.29, 0.717) is 16.4 Å². The molecule has 2 aromatic rings. The number of carbonyl (C=O) groups is 1. The van der Waals surface area contributed by atoms with Gasteiger partial charge in [-0.05, 0) is 37.1 Å². The van der Waals surface area contributed by atoms with E-state index in [1.807, 2.05) is 0 Å². The molecule has 7 nitrogen and oxygen atoms in total. The fourth-order valence-electron chi connectivity index (χ4n) is 2.29. The molecule has 1 heterocycles. The maximum absolute atomic E-state index is 12.5. The summed E-state index contributed by atoms with van der Waals surface area (Å²) in [6.07, 6.45) is 0.155. The number of amides is 1. The predicted octanol–water partition coefficient (Wildman–Crippen LogP) is 2.24. The Balaban J connectivity index is 2.49. The first-order valence-corrected chi connectivity index (χ1v) is 10.0. The van der Waals surface area contributed by atoms with Crippen molar-refractivity contribution in [3.05, 3.63) is 23.9 Å². The lowest BCUT2D eigenvalue weighted by molar-refractivity contribution is -0.114. The molecule has 0 aliphatic rings. The van der Waals surface area contributed by atoms with Crippen LogP contribution in [0.2, 0.25) is 0 Å². The number of hydrogen-bond acceptors (Lipinski definition) is 7. The number of aliphatic hydroxyl groups is 1. The number of benzene rings is 1. The van der Waals surface area contributed by atoms with E-state index in [1.165, 1.54) is 25.4 Å². The minimum atomic E-state index is -3.59. The maximum Gasteiger partial charge on any atom is 0.223 e. The molecule has 0 atom stereocenters. The molecule has 1 aromatic heterocycles. The van der Waals surface area contributed by atoms with Gasteiger partial charge >= 0.3 is 0 Å². The second kappa shape index (κ2) is 7.94. The second-order valence-electron chi connectivity index (χ2n) is 5.38. The topological polar surface area (TPSA) is 106 Å². The van der Waals surface area contributed by atoms with E-state index in [4.69, 9.17) is 9.84 Å². The third-order valence-corrected chi connectivity index (χ3v) is 6.35. The number of carbonyl (C=O) groups excluding carboxylic acids is 1. The Morgan fingerprint density at radius 2 is 2.12 bits per heavy atom. The number of ether oxygens (including phenoxy) is 1. The number of aromatic nitrogens is 1. The van der Waals surface area contributed by atoms with Gasteiger partial charge in [-0.25, -0.2) is 13.4 Å². The van der Waals surface area contributed by atoms with Crippen molar-refractivity contribution in [2.24, 2.45) is 0 Å². The largest absolute Gasteiger partial charge is 0.495 e. The standard InChI is InChI=1S/C16H20N2O5S2/c1-10-15(24-16(17-10)18-11(2)20)12-5-6-13(23-3)14(9-12)25(21,22)8-4-7-19/h5-6,9,19H,4,7-8H2,1-3H3,(H,17,18,20). The Morgan fingerprint density at radius 1 is 1.40 bits per heavy atom. The molecule has 0 unspecified atom stereocenters. The third-order valence-electron chi connectivity index (χ3n) is 3.41. The van der Waals surface area contributed by atoms with Crippen LogP contribution in [0.1, 0.15) is 19.0 Å². The molecule has 0 bridgehead atoms. The van der Waals surface area contributed by atoms with Crippen LogP contribution in [0.3, 0.4) is 0 Å². The van der Waals surface area contributed by atoms with Crippen LogP contribution >= 0.6 is 11.3 Å². The van der Waals surface area contributed by atoms with Crippen LogP contribution in [0.5, 0.6) is 5.75 Å². The molecule has 136 valence electrons. The number of thiazole rings is 1. The van der Waals surface area contributed by atoms with Crippen LogP contribution in [-0.2, 0) is 14.6 Å². The van der Waals surface area contributed by atoms with Gasteiger partial charge in [-0.15, -0.1) is 0 Å². The van der Waals surface area contributed by atoms with Crippen molar-refractivity contribution >= 4 is 32.2 Å². The van der Waals surface area contributed by atoms with Crippen LogP contribution in [0.15, 0.2) is 23.1 Å². The molecule has 0 aliphatic heterocycles. The molecule has 0 saturated carbocycles. The van der Waals surface area contributed by atoms with E-state index in [-0.39, 0.29) is 35.3 Å². The summed E-state index contributed by atoms with van der Waals surface area (Å²) in [6.45, 7) is 2.99. The number of aliphatic hydroxyl groups excluding tert-OH is 1. The monoisotopic (exact) mass is 384 g/mol. The van der Waals surface area contributed by atoms with Crippen LogP contribution < -0.4 is 10.1 Å². The molecule has 25 heavy (non-hydrogen) atoms. The quantitative estimate of drug-likeness (QED) is 0.758. The SMILES string of the molecule is COc1ccc(-c2sc(NC(C)=O)nc2C)cc1S(=O)(=O)CCCO. The average Bonchev–Trinajstić information content (AvgIpc) is 2.92. The van der Waals surface area contributed by atoms with Crippen molar-refractivity contribution in [1.82, 2.24) is 4.98 Å². The molecule has 0 radical (unpaired) electrons. The molecule has 1 amide bonds. The molecule has 0 fully saturated rings. The molecule has 0 aliphatic carbocycles. The van der Waals surface area contributed by atoms with Crippen LogP contribution in [-0.4, -0.2) is 43.9 Å². The summed E-state index contributed by atoms with van der Waals surface area (Å²) in [5.41, 5.74) is 1.37. The van der Waals surface area contributed by atoms with Crippen molar-refractivity contribution in [3.8, 4) is 16.2 Å². The van der Waals surface area contributed by atoms with Gasteiger partial charge < -0.3 is 15.2 Å². The van der Waals surface area contributed by atoms with Crippen molar-refractivity contribution < 1.29 is 23.1 Å². The lowest BCUT2D eigenvalue weighted by Gasteiger charge is -2.11. The Hall–Kier alpha value is -1.97.